The fraction of sp³-hybridized carbons (Fsp3) is 0.636. The van der Waals surface area contributed by atoms with E-state index in [2.05, 4.69) is 17.0 Å². The minimum atomic E-state index is 0. The van der Waals surface area contributed by atoms with Crippen LogP contribution in [-0.2, 0) is 16.0 Å². The second-order valence-corrected chi connectivity index (χ2v) is 8.49. The molecule has 1 aromatic carbocycles. The average Bonchev–Trinajstić information content (AvgIpc) is 3.12. The number of amides is 2. The first-order chi connectivity index (χ1) is 13.6. The molecule has 0 radical (unpaired) electrons. The van der Waals surface area contributed by atoms with Gasteiger partial charge >= 0.3 is 0 Å². The van der Waals surface area contributed by atoms with Gasteiger partial charge in [-0.2, -0.15) is 0 Å². The Morgan fingerprint density at radius 2 is 1.67 bits per heavy atom. The lowest BCUT2D eigenvalue weighted by Gasteiger charge is -2.37. The summed E-state index contributed by atoms with van der Waals surface area (Å²) in [5.41, 5.74) is 8.45. The molecule has 2 aliphatic heterocycles. The van der Waals surface area contributed by atoms with Gasteiger partial charge in [-0.3, -0.25) is 14.5 Å². The molecule has 168 valence electrons. The van der Waals surface area contributed by atoms with Gasteiger partial charge in [-0.25, -0.2) is 0 Å². The summed E-state index contributed by atoms with van der Waals surface area (Å²) in [6, 6.07) is 8.41. The number of anilines is 1. The molecule has 4 rings (SSSR count). The van der Waals surface area contributed by atoms with Crippen LogP contribution in [0.4, 0.5) is 5.69 Å². The van der Waals surface area contributed by atoms with Crippen LogP contribution >= 0.6 is 24.8 Å². The number of rotatable bonds is 4. The molecule has 2 amide bonds. The maximum atomic E-state index is 12.9. The van der Waals surface area contributed by atoms with E-state index >= 15 is 0 Å². The third-order valence-corrected chi connectivity index (χ3v) is 6.65. The molecule has 1 aliphatic carbocycles. The van der Waals surface area contributed by atoms with Crippen LogP contribution in [0.25, 0.3) is 0 Å². The Morgan fingerprint density at radius 1 is 0.933 bits per heavy atom. The number of aryl methyl sites for hydroxylation is 1. The molecule has 0 bridgehead atoms. The normalized spacial score (nSPS) is 23.9. The molecule has 2 fully saturated rings. The van der Waals surface area contributed by atoms with Crippen molar-refractivity contribution in [2.45, 2.75) is 44.6 Å². The maximum absolute atomic E-state index is 12.9. The minimum Gasteiger partial charge on any atom is -0.340 e. The first-order valence-corrected chi connectivity index (χ1v) is 10.8. The summed E-state index contributed by atoms with van der Waals surface area (Å²) in [5.74, 6) is 0.758. The number of nitrogens with two attached hydrogens (primary N) is 1. The Morgan fingerprint density at radius 3 is 2.37 bits per heavy atom. The summed E-state index contributed by atoms with van der Waals surface area (Å²) in [7, 11) is 0. The van der Waals surface area contributed by atoms with Crippen molar-refractivity contribution in [3.63, 3.8) is 0 Å². The number of piperazine rings is 1. The zero-order valence-corrected chi connectivity index (χ0v) is 19.1. The van der Waals surface area contributed by atoms with E-state index in [4.69, 9.17) is 5.73 Å². The van der Waals surface area contributed by atoms with Gasteiger partial charge in [-0.1, -0.05) is 24.6 Å². The first-order valence-electron chi connectivity index (χ1n) is 10.8. The number of halogens is 2. The molecule has 2 N–H and O–H groups in total. The quantitative estimate of drug-likeness (QED) is 0.755. The molecular formula is C22H34Cl2N4O2. The summed E-state index contributed by atoms with van der Waals surface area (Å²) >= 11 is 0. The Balaban J connectivity index is 0.00000160. The number of fused-ring (bicyclic) bond motifs is 1. The molecule has 0 aromatic heterocycles. The number of carbonyl (C=O) groups is 2. The summed E-state index contributed by atoms with van der Waals surface area (Å²) in [4.78, 5) is 31.6. The predicted molar refractivity (Wildman–Crippen MR) is 125 cm³/mol. The van der Waals surface area contributed by atoms with Crippen molar-refractivity contribution in [3.05, 3.63) is 29.8 Å². The molecule has 30 heavy (non-hydrogen) atoms. The number of hydrogen-bond acceptors (Lipinski definition) is 4. The minimum absolute atomic E-state index is 0. The van der Waals surface area contributed by atoms with Crippen molar-refractivity contribution in [2.24, 2.45) is 11.7 Å². The van der Waals surface area contributed by atoms with Crippen LogP contribution in [-0.4, -0.2) is 66.9 Å². The number of para-hydroxylation sites is 1. The third kappa shape index (κ3) is 5.67. The van der Waals surface area contributed by atoms with Gasteiger partial charge in [0.05, 0.1) is 6.54 Å². The molecule has 6 nitrogen and oxygen atoms in total. The topological polar surface area (TPSA) is 69.9 Å². The largest absolute Gasteiger partial charge is 0.340 e. The Kier molecular flexibility index (Phi) is 9.41. The molecule has 0 unspecified atom stereocenters. The fourth-order valence-electron chi connectivity index (χ4n) is 4.90. The van der Waals surface area contributed by atoms with E-state index < -0.39 is 0 Å². The van der Waals surface area contributed by atoms with Gasteiger partial charge in [0.2, 0.25) is 11.8 Å². The van der Waals surface area contributed by atoms with E-state index in [9.17, 15) is 9.59 Å². The lowest BCUT2D eigenvalue weighted by molar-refractivity contribution is -0.134. The molecule has 1 saturated carbocycles. The Labute approximate surface area is 192 Å². The van der Waals surface area contributed by atoms with Crippen LogP contribution in [0, 0.1) is 5.92 Å². The van der Waals surface area contributed by atoms with Gasteiger partial charge in [0.1, 0.15) is 0 Å². The van der Waals surface area contributed by atoms with E-state index in [1.807, 2.05) is 21.9 Å². The van der Waals surface area contributed by atoms with Gasteiger partial charge in [-0.05, 0) is 43.2 Å². The van der Waals surface area contributed by atoms with Gasteiger partial charge in [0, 0.05) is 50.9 Å². The standard InChI is InChI=1S/C22H32N4O2.2ClH/c23-19-8-3-6-18(19)15-21(27)25-13-11-24(12-14-25)16-22(28)26-10-4-7-17-5-1-2-9-20(17)26;;/h1-2,5,9,18-19H,3-4,6-8,10-16,23H2;2*1H/t18-,19+;;/m0../s1. The lowest BCUT2D eigenvalue weighted by Crippen LogP contribution is -2.52. The monoisotopic (exact) mass is 456 g/mol. The third-order valence-electron chi connectivity index (χ3n) is 6.65. The van der Waals surface area contributed by atoms with Gasteiger partial charge in [0.15, 0.2) is 0 Å². The zero-order chi connectivity index (χ0) is 19.5. The SMILES string of the molecule is Cl.Cl.N[C@@H]1CCC[C@H]1CC(=O)N1CCN(CC(=O)N2CCCc3ccccc32)CC1. The average molecular weight is 457 g/mol. The molecular weight excluding hydrogens is 423 g/mol. The highest BCUT2D eigenvalue weighted by Gasteiger charge is 2.30. The summed E-state index contributed by atoms with van der Waals surface area (Å²) in [6.45, 7) is 4.20. The molecule has 1 saturated heterocycles. The highest BCUT2D eigenvalue weighted by atomic mass is 35.5. The number of hydrogen-bond donors (Lipinski definition) is 1. The lowest BCUT2D eigenvalue weighted by atomic mass is 9.99. The van der Waals surface area contributed by atoms with Crippen molar-refractivity contribution in [1.82, 2.24) is 9.80 Å². The molecule has 3 aliphatic rings. The van der Waals surface area contributed by atoms with Gasteiger partial charge < -0.3 is 15.5 Å². The molecule has 0 spiro atoms. The van der Waals surface area contributed by atoms with E-state index in [0.717, 1.165) is 57.4 Å². The van der Waals surface area contributed by atoms with Crippen LogP contribution in [0.15, 0.2) is 24.3 Å². The maximum Gasteiger partial charge on any atom is 0.241 e. The van der Waals surface area contributed by atoms with E-state index in [-0.39, 0.29) is 42.7 Å². The van der Waals surface area contributed by atoms with Crippen LogP contribution in [0.5, 0.6) is 0 Å². The van der Waals surface area contributed by atoms with Crippen molar-refractivity contribution in [1.29, 1.82) is 0 Å². The molecule has 2 atom stereocenters. The molecule has 8 heteroatoms. The van der Waals surface area contributed by atoms with Crippen molar-refractivity contribution in [3.8, 4) is 0 Å². The highest BCUT2D eigenvalue weighted by molar-refractivity contribution is 5.96. The van der Waals surface area contributed by atoms with Crippen LogP contribution in [0.1, 0.15) is 37.7 Å². The van der Waals surface area contributed by atoms with E-state index in [1.165, 1.54) is 5.56 Å². The molecule has 1 aromatic rings. The zero-order valence-electron chi connectivity index (χ0n) is 17.5. The second kappa shape index (κ2) is 11.3. The fourth-order valence-corrected chi connectivity index (χ4v) is 4.90. The number of benzene rings is 1. The number of carbonyl (C=O) groups excluding carboxylic acids is 2. The second-order valence-electron chi connectivity index (χ2n) is 8.49. The Hall–Kier alpha value is -1.34. The van der Waals surface area contributed by atoms with Gasteiger partial charge in [-0.15, -0.1) is 24.8 Å². The highest BCUT2D eigenvalue weighted by Crippen LogP contribution is 2.28. The molecule has 2 heterocycles. The first kappa shape index (κ1) is 24.9. The Bertz CT molecular complexity index is 725. The van der Waals surface area contributed by atoms with Crippen LogP contribution in [0.2, 0.25) is 0 Å². The summed E-state index contributed by atoms with van der Waals surface area (Å²) in [5, 5.41) is 0. The number of nitrogens with zero attached hydrogens (tertiary/aromatic N) is 3. The van der Waals surface area contributed by atoms with Crippen molar-refractivity contribution in [2.75, 3.05) is 44.2 Å². The van der Waals surface area contributed by atoms with Crippen molar-refractivity contribution >= 4 is 42.3 Å². The van der Waals surface area contributed by atoms with E-state index in [1.54, 1.807) is 0 Å². The van der Waals surface area contributed by atoms with E-state index in [0.29, 0.717) is 32.0 Å². The summed E-state index contributed by atoms with van der Waals surface area (Å²) < 4.78 is 0. The van der Waals surface area contributed by atoms with Crippen LogP contribution < -0.4 is 10.6 Å². The van der Waals surface area contributed by atoms with Crippen molar-refractivity contribution < 1.29 is 9.59 Å². The predicted octanol–water partition coefficient (Wildman–Crippen LogP) is 2.47. The van der Waals surface area contributed by atoms with Gasteiger partial charge in [0.25, 0.3) is 0 Å². The summed E-state index contributed by atoms with van der Waals surface area (Å²) in [6.07, 6.45) is 5.94. The smallest absolute Gasteiger partial charge is 0.241 e. The van der Waals surface area contributed by atoms with Crippen LogP contribution in [0.3, 0.4) is 0 Å².